The Labute approximate surface area is 91.4 Å². The molecule has 0 aliphatic carbocycles. The van der Waals surface area contributed by atoms with E-state index in [0.717, 1.165) is 5.39 Å². The van der Waals surface area contributed by atoms with E-state index in [-0.39, 0.29) is 12.2 Å². The fraction of sp³-hybridized carbons (Fsp3) is 0.182. The molecule has 82 valence electrons. The second kappa shape index (κ2) is 4.14. The van der Waals surface area contributed by atoms with Crippen molar-refractivity contribution in [2.45, 2.75) is 6.92 Å². The van der Waals surface area contributed by atoms with Crippen molar-refractivity contribution in [3.63, 3.8) is 0 Å². The maximum atomic E-state index is 11.7. The van der Waals surface area contributed by atoms with Crippen LogP contribution in [0.3, 0.4) is 0 Å². The molecule has 0 aliphatic rings. The number of fused-ring (bicyclic) bond motifs is 1. The number of nitrogens with zero attached hydrogens (tertiary/aromatic N) is 1. The molecular formula is C11H10N2O3. The van der Waals surface area contributed by atoms with E-state index in [9.17, 15) is 9.59 Å². The average Bonchev–Trinajstić information content (AvgIpc) is 2.76. The molecule has 16 heavy (non-hydrogen) atoms. The molecule has 1 aromatic carbocycles. The monoisotopic (exact) mass is 218 g/mol. The quantitative estimate of drug-likeness (QED) is 0.479. The second-order valence-corrected chi connectivity index (χ2v) is 3.19. The first kappa shape index (κ1) is 10.4. The smallest absolute Gasteiger partial charge is 0.379 e. The second-order valence-electron chi connectivity index (χ2n) is 3.19. The zero-order valence-electron chi connectivity index (χ0n) is 8.69. The lowest BCUT2D eigenvalue weighted by Crippen LogP contribution is -2.17. The predicted octanol–water partition coefficient (Wildman–Crippen LogP) is 1.31. The minimum Gasteiger partial charge on any atom is -0.460 e. The van der Waals surface area contributed by atoms with Gasteiger partial charge in [-0.3, -0.25) is 9.89 Å². The highest BCUT2D eigenvalue weighted by Gasteiger charge is 2.20. The average molecular weight is 218 g/mol. The van der Waals surface area contributed by atoms with E-state index in [0.29, 0.717) is 5.52 Å². The summed E-state index contributed by atoms with van der Waals surface area (Å²) in [4.78, 5) is 23.0. The van der Waals surface area contributed by atoms with E-state index in [1.165, 1.54) is 0 Å². The van der Waals surface area contributed by atoms with Gasteiger partial charge in [0, 0.05) is 5.39 Å². The van der Waals surface area contributed by atoms with Gasteiger partial charge >= 0.3 is 5.97 Å². The molecule has 0 aliphatic heterocycles. The number of Topliss-reactive ketones (excluding diaryl/α,β-unsaturated/α-hetero) is 1. The zero-order valence-corrected chi connectivity index (χ0v) is 8.69. The normalized spacial score (nSPS) is 10.3. The Morgan fingerprint density at radius 2 is 2.25 bits per heavy atom. The van der Waals surface area contributed by atoms with Gasteiger partial charge in [0.05, 0.1) is 23.9 Å². The molecule has 2 rings (SSSR count). The number of rotatable bonds is 3. The van der Waals surface area contributed by atoms with Crippen molar-refractivity contribution < 1.29 is 14.3 Å². The number of ether oxygens (including phenoxy) is 1. The molecule has 1 N–H and O–H groups in total. The molecule has 1 heterocycles. The van der Waals surface area contributed by atoms with Gasteiger partial charge in [-0.1, -0.05) is 12.1 Å². The van der Waals surface area contributed by atoms with E-state index in [2.05, 4.69) is 14.9 Å². The third-order valence-electron chi connectivity index (χ3n) is 2.18. The lowest BCUT2D eigenvalue weighted by Gasteiger charge is -2.01. The minimum absolute atomic E-state index is 0.184. The van der Waals surface area contributed by atoms with Crippen LogP contribution in [0, 0.1) is 0 Å². The van der Waals surface area contributed by atoms with Crippen LogP contribution in [0.4, 0.5) is 0 Å². The minimum atomic E-state index is -0.843. The number of nitrogens with one attached hydrogen (secondary N) is 1. The van der Waals surface area contributed by atoms with Gasteiger partial charge in [0.15, 0.2) is 0 Å². The van der Waals surface area contributed by atoms with Crippen molar-refractivity contribution in [3.8, 4) is 0 Å². The standard InChI is InChI=1S/C11H10N2O3/c1-2-16-11(15)10(14)8-5-3-4-7-6-12-13-9(7)8/h3-6H,2H2,1H3,(H,12,13). The van der Waals surface area contributed by atoms with Crippen molar-refractivity contribution in [3.05, 3.63) is 30.0 Å². The molecule has 0 fully saturated rings. The fourth-order valence-corrected chi connectivity index (χ4v) is 1.46. The molecule has 5 nitrogen and oxygen atoms in total. The number of para-hydroxylation sites is 1. The first-order valence-electron chi connectivity index (χ1n) is 4.87. The molecule has 0 spiro atoms. The fourth-order valence-electron chi connectivity index (χ4n) is 1.46. The maximum absolute atomic E-state index is 11.7. The molecule has 2 aromatic rings. The maximum Gasteiger partial charge on any atom is 0.379 e. The molecular weight excluding hydrogens is 208 g/mol. The van der Waals surface area contributed by atoms with Crippen LogP contribution < -0.4 is 0 Å². The lowest BCUT2D eigenvalue weighted by molar-refractivity contribution is -0.137. The Morgan fingerprint density at radius 1 is 1.44 bits per heavy atom. The number of H-pyrrole nitrogens is 1. The number of aromatic nitrogens is 2. The topological polar surface area (TPSA) is 72.1 Å². The van der Waals surface area contributed by atoms with Crippen LogP contribution in [0.5, 0.6) is 0 Å². The van der Waals surface area contributed by atoms with Crippen LogP contribution in [0.1, 0.15) is 17.3 Å². The van der Waals surface area contributed by atoms with Crippen molar-refractivity contribution in [2.24, 2.45) is 0 Å². The van der Waals surface area contributed by atoms with Gasteiger partial charge in [-0.05, 0) is 13.0 Å². The van der Waals surface area contributed by atoms with E-state index in [4.69, 9.17) is 0 Å². The molecule has 0 bridgehead atoms. The van der Waals surface area contributed by atoms with Crippen molar-refractivity contribution in [1.82, 2.24) is 10.2 Å². The third-order valence-corrected chi connectivity index (χ3v) is 2.18. The highest BCUT2D eigenvalue weighted by atomic mass is 16.5. The lowest BCUT2D eigenvalue weighted by atomic mass is 10.1. The Hall–Kier alpha value is -2.17. The van der Waals surface area contributed by atoms with E-state index in [1.54, 1.807) is 31.3 Å². The van der Waals surface area contributed by atoms with Crippen LogP contribution in [-0.2, 0) is 9.53 Å². The number of benzene rings is 1. The summed E-state index contributed by atoms with van der Waals surface area (Å²) in [6.45, 7) is 1.84. The number of hydrogen-bond donors (Lipinski definition) is 1. The Morgan fingerprint density at radius 3 is 3.00 bits per heavy atom. The van der Waals surface area contributed by atoms with Gasteiger partial charge in [0.1, 0.15) is 0 Å². The summed E-state index contributed by atoms with van der Waals surface area (Å²) in [5.74, 6) is -1.50. The number of esters is 1. The number of aromatic amines is 1. The summed E-state index contributed by atoms with van der Waals surface area (Å²) in [5, 5.41) is 7.29. The molecule has 0 unspecified atom stereocenters. The summed E-state index contributed by atoms with van der Waals surface area (Å²) >= 11 is 0. The first-order chi connectivity index (χ1) is 7.74. The van der Waals surface area contributed by atoms with Crippen LogP contribution in [-0.4, -0.2) is 28.6 Å². The highest BCUT2D eigenvalue weighted by Crippen LogP contribution is 2.16. The Balaban J connectivity index is 2.43. The van der Waals surface area contributed by atoms with Gasteiger partial charge in [0.25, 0.3) is 5.78 Å². The van der Waals surface area contributed by atoms with Gasteiger partial charge < -0.3 is 4.74 Å². The Kier molecular flexibility index (Phi) is 2.68. The molecule has 0 atom stereocenters. The molecule has 5 heteroatoms. The van der Waals surface area contributed by atoms with Crippen LogP contribution >= 0.6 is 0 Å². The molecule has 0 saturated heterocycles. The summed E-state index contributed by atoms with van der Waals surface area (Å²) in [5.41, 5.74) is 0.842. The number of carbonyl (C=O) groups excluding carboxylic acids is 2. The number of hydrogen-bond acceptors (Lipinski definition) is 4. The van der Waals surface area contributed by atoms with Crippen LogP contribution in [0.2, 0.25) is 0 Å². The first-order valence-corrected chi connectivity index (χ1v) is 4.87. The SMILES string of the molecule is CCOC(=O)C(=O)c1cccc2cn[nH]c12. The van der Waals surface area contributed by atoms with Crippen LogP contribution in [0.15, 0.2) is 24.4 Å². The third kappa shape index (κ3) is 1.67. The predicted molar refractivity (Wildman–Crippen MR) is 57.1 cm³/mol. The van der Waals surface area contributed by atoms with Crippen molar-refractivity contribution >= 4 is 22.7 Å². The number of carbonyl (C=O) groups is 2. The highest BCUT2D eigenvalue weighted by molar-refractivity contribution is 6.42. The largest absolute Gasteiger partial charge is 0.460 e. The summed E-state index contributed by atoms with van der Waals surface area (Å²) in [7, 11) is 0. The summed E-state index contributed by atoms with van der Waals surface area (Å²) < 4.78 is 4.66. The van der Waals surface area contributed by atoms with Gasteiger partial charge in [-0.15, -0.1) is 0 Å². The van der Waals surface area contributed by atoms with Crippen molar-refractivity contribution in [2.75, 3.05) is 6.61 Å². The van der Waals surface area contributed by atoms with Gasteiger partial charge in [0.2, 0.25) is 0 Å². The Bertz CT molecular complexity index is 545. The zero-order chi connectivity index (χ0) is 11.5. The van der Waals surface area contributed by atoms with Crippen LogP contribution in [0.25, 0.3) is 10.9 Å². The molecule has 0 radical (unpaired) electrons. The molecule has 0 amide bonds. The van der Waals surface area contributed by atoms with Gasteiger partial charge in [-0.25, -0.2) is 4.79 Å². The molecule has 1 aromatic heterocycles. The molecule has 0 saturated carbocycles. The summed E-state index contributed by atoms with van der Waals surface area (Å²) in [6, 6.07) is 5.07. The van der Waals surface area contributed by atoms with Gasteiger partial charge in [-0.2, -0.15) is 5.10 Å². The van der Waals surface area contributed by atoms with E-state index in [1.807, 2.05) is 0 Å². The van der Waals surface area contributed by atoms with E-state index < -0.39 is 11.8 Å². The van der Waals surface area contributed by atoms with E-state index >= 15 is 0 Å². The number of ketones is 1. The van der Waals surface area contributed by atoms with Crippen molar-refractivity contribution in [1.29, 1.82) is 0 Å². The summed E-state index contributed by atoms with van der Waals surface area (Å²) in [6.07, 6.45) is 1.59.